The van der Waals surface area contributed by atoms with Crippen molar-refractivity contribution in [1.82, 2.24) is 0 Å². The molecule has 31 heavy (non-hydrogen) atoms. The van der Waals surface area contributed by atoms with Crippen LogP contribution in [-0.4, -0.2) is 0 Å². The Labute approximate surface area is 180 Å². The maximum Gasteiger partial charge on any atom is 0.138 e. The van der Waals surface area contributed by atoms with Gasteiger partial charge in [-0.1, -0.05) is 97.1 Å². The Kier molecular flexibility index (Phi) is 4.21. The largest absolute Gasteiger partial charge is 0.206 e. The highest BCUT2D eigenvalue weighted by atomic mass is 19.1. The van der Waals surface area contributed by atoms with Crippen molar-refractivity contribution < 1.29 is 4.39 Å². The third-order valence-corrected chi connectivity index (χ3v) is 6.49. The molecule has 0 nitrogen and oxygen atoms in total. The van der Waals surface area contributed by atoms with Crippen LogP contribution in [0.2, 0.25) is 0 Å². The highest BCUT2D eigenvalue weighted by molar-refractivity contribution is 6.04. The number of hydrogen-bond acceptors (Lipinski definition) is 0. The fourth-order valence-electron chi connectivity index (χ4n) is 5.06. The third kappa shape index (κ3) is 2.89. The number of rotatable bonds is 3. The summed E-state index contributed by atoms with van der Waals surface area (Å²) in [7, 11) is 0. The van der Waals surface area contributed by atoms with Crippen molar-refractivity contribution in [3.05, 3.63) is 120 Å². The molecule has 6 aromatic carbocycles. The van der Waals surface area contributed by atoms with E-state index in [-0.39, 0.29) is 5.82 Å². The number of halogens is 1. The summed E-state index contributed by atoms with van der Waals surface area (Å²) in [5.41, 5.74) is 2.59. The van der Waals surface area contributed by atoms with Crippen LogP contribution in [0, 0.1) is 5.82 Å². The van der Waals surface area contributed by atoms with E-state index < -0.39 is 0 Å². The van der Waals surface area contributed by atoms with Gasteiger partial charge in [0.2, 0.25) is 0 Å². The molecule has 0 atom stereocenters. The molecular weight excluding hydrogens is 379 g/mol. The highest BCUT2D eigenvalue weighted by Crippen LogP contribution is 2.34. The number of fused-ring (bicyclic) bond motifs is 4. The third-order valence-electron chi connectivity index (χ3n) is 6.49. The van der Waals surface area contributed by atoms with Gasteiger partial charge in [0.05, 0.1) is 0 Å². The lowest BCUT2D eigenvalue weighted by atomic mass is 9.89. The van der Waals surface area contributed by atoms with Crippen LogP contribution >= 0.6 is 0 Å². The van der Waals surface area contributed by atoms with E-state index in [1.165, 1.54) is 32.7 Å². The molecule has 0 aliphatic heterocycles. The Morgan fingerprint density at radius 1 is 0.419 bits per heavy atom. The molecule has 148 valence electrons. The molecule has 6 rings (SSSR count). The van der Waals surface area contributed by atoms with E-state index in [4.69, 9.17) is 0 Å². The number of aryl methyl sites for hydroxylation is 2. The summed E-state index contributed by atoms with van der Waals surface area (Å²) in [5.74, 6) is -0.120. The molecule has 0 unspecified atom stereocenters. The highest BCUT2D eigenvalue weighted by Gasteiger charge is 2.15. The van der Waals surface area contributed by atoms with Crippen LogP contribution in [0.4, 0.5) is 4.39 Å². The van der Waals surface area contributed by atoms with Gasteiger partial charge in [-0.05, 0) is 62.4 Å². The second kappa shape index (κ2) is 7.21. The van der Waals surface area contributed by atoms with Gasteiger partial charge >= 0.3 is 0 Å². The molecule has 0 fully saturated rings. The first-order chi connectivity index (χ1) is 15.3. The average molecular weight is 400 g/mol. The molecule has 0 amide bonds. The van der Waals surface area contributed by atoms with E-state index >= 15 is 4.39 Å². The zero-order valence-corrected chi connectivity index (χ0v) is 17.1. The summed E-state index contributed by atoms with van der Waals surface area (Å²) >= 11 is 0. The van der Waals surface area contributed by atoms with Gasteiger partial charge in [0.15, 0.2) is 0 Å². The zero-order valence-electron chi connectivity index (χ0n) is 17.1. The van der Waals surface area contributed by atoms with E-state index in [9.17, 15) is 0 Å². The Bertz CT molecular complexity index is 1480. The van der Waals surface area contributed by atoms with Gasteiger partial charge in [-0.15, -0.1) is 0 Å². The minimum Gasteiger partial charge on any atom is -0.206 e. The van der Waals surface area contributed by atoms with Crippen LogP contribution in [0.15, 0.2) is 103 Å². The van der Waals surface area contributed by atoms with Gasteiger partial charge in [0.25, 0.3) is 0 Å². The predicted molar refractivity (Wildman–Crippen MR) is 130 cm³/mol. The molecule has 0 aromatic heterocycles. The van der Waals surface area contributed by atoms with E-state index in [0.717, 1.165) is 23.6 Å². The second-order valence-corrected chi connectivity index (χ2v) is 8.18. The topological polar surface area (TPSA) is 0 Å². The van der Waals surface area contributed by atoms with Crippen LogP contribution in [0.25, 0.3) is 43.1 Å². The summed E-state index contributed by atoms with van der Waals surface area (Å²) in [6.45, 7) is 0. The Balaban J connectivity index is 1.58. The standard InChI is InChI=1S/C30H21F/c31-30-28-15-7-5-13-24(28)27(25-14-6-8-16-29(25)30)18-17-26-22-11-3-1-9-20(22)19-21-10-2-4-12-23(21)26/h1-16,19H,17-18H2. The minimum atomic E-state index is -0.120. The molecular formula is C30H21F. The summed E-state index contributed by atoms with van der Waals surface area (Å²) < 4.78 is 15.2. The molecule has 0 aliphatic carbocycles. The van der Waals surface area contributed by atoms with Gasteiger partial charge in [-0.2, -0.15) is 0 Å². The van der Waals surface area contributed by atoms with Crippen molar-refractivity contribution in [3.8, 4) is 0 Å². The van der Waals surface area contributed by atoms with E-state index in [0.29, 0.717) is 10.8 Å². The summed E-state index contributed by atoms with van der Waals surface area (Å²) in [4.78, 5) is 0. The lowest BCUT2D eigenvalue weighted by Crippen LogP contribution is -1.98. The molecule has 0 aliphatic rings. The maximum atomic E-state index is 15.2. The van der Waals surface area contributed by atoms with Gasteiger partial charge in [0, 0.05) is 10.8 Å². The van der Waals surface area contributed by atoms with Crippen molar-refractivity contribution in [3.63, 3.8) is 0 Å². The van der Waals surface area contributed by atoms with Crippen LogP contribution in [0.5, 0.6) is 0 Å². The number of hydrogen-bond donors (Lipinski definition) is 0. The van der Waals surface area contributed by atoms with Crippen LogP contribution in [0.3, 0.4) is 0 Å². The summed E-state index contributed by atoms with van der Waals surface area (Å²) in [5, 5.41) is 8.59. The SMILES string of the molecule is Fc1c2ccccc2c(CCc2c3ccccc3cc3ccccc23)c2ccccc12. The number of benzene rings is 6. The molecule has 0 spiro atoms. The Morgan fingerprint density at radius 2 is 0.774 bits per heavy atom. The average Bonchev–Trinajstić information content (AvgIpc) is 2.83. The van der Waals surface area contributed by atoms with E-state index in [1.54, 1.807) is 0 Å². The fraction of sp³-hybridized carbons (Fsp3) is 0.0667. The lowest BCUT2D eigenvalue weighted by Gasteiger charge is -2.15. The normalized spacial score (nSPS) is 11.6. The molecule has 1 heteroatoms. The molecule has 0 bridgehead atoms. The van der Waals surface area contributed by atoms with Crippen molar-refractivity contribution in [2.45, 2.75) is 12.8 Å². The smallest absolute Gasteiger partial charge is 0.138 e. The van der Waals surface area contributed by atoms with Crippen molar-refractivity contribution in [2.24, 2.45) is 0 Å². The van der Waals surface area contributed by atoms with Crippen LogP contribution in [0.1, 0.15) is 11.1 Å². The first-order valence-electron chi connectivity index (χ1n) is 10.8. The monoisotopic (exact) mass is 400 g/mol. The van der Waals surface area contributed by atoms with E-state index in [1.807, 2.05) is 36.4 Å². The Hall–Kier alpha value is -3.71. The molecule has 0 saturated carbocycles. The quantitative estimate of drug-likeness (QED) is 0.262. The van der Waals surface area contributed by atoms with E-state index in [2.05, 4.69) is 66.7 Å². The van der Waals surface area contributed by atoms with Gasteiger partial charge in [-0.3, -0.25) is 0 Å². The van der Waals surface area contributed by atoms with Crippen molar-refractivity contribution in [2.75, 3.05) is 0 Å². The van der Waals surface area contributed by atoms with Gasteiger partial charge in [0.1, 0.15) is 5.82 Å². The molecule has 0 radical (unpaired) electrons. The maximum absolute atomic E-state index is 15.2. The minimum absolute atomic E-state index is 0.120. The van der Waals surface area contributed by atoms with Crippen molar-refractivity contribution >= 4 is 43.1 Å². The summed E-state index contributed by atoms with van der Waals surface area (Å²) in [6, 6.07) is 35.3. The molecule has 0 saturated heterocycles. The van der Waals surface area contributed by atoms with Crippen molar-refractivity contribution in [1.29, 1.82) is 0 Å². The molecule has 0 N–H and O–H groups in total. The fourth-order valence-corrected chi connectivity index (χ4v) is 5.06. The molecule has 0 heterocycles. The van der Waals surface area contributed by atoms with Crippen LogP contribution < -0.4 is 0 Å². The Morgan fingerprint density at radius 3 is 1.26 bits per heavy atom. The van der Waals surface area contributed by atoms with Gasteiger partial charge < -0.3 is 0 Å². The zero-order chi connectivity index (χ0) is 20.8. The van der Waals surface area contributed by atoms with Gasteiger partial charge in [-0.25, -0.2) is 4.39 Å². The second-order valence-electron chi connectivity index (χ2n) is 8.18. The first kappa shape index (κ1) is 18.1. The first-order valence-corrected chi connectivity index (χ1v) is 10.8. The molecule has 6 aromatic rings. The predicted octanol–water partition coefficient (Wildman–Crippen LogP) is 8.22. The van der Waals surface area contributed by atoms with Crippen LogP contribution in [-0.2, 0) is 12.8 Å². The lowest BCUT2D eigenvalue weighted by molar-refractivity contribution is 0.651. The summed E-state index contributed by atoms with van der Waals surface area (Å²) in [6.07, 6.45) is 1.76.